The predicted octanol–water partition coefficient (Wildman–Crippen LogP) is 0.258. The lowest BCUT2D eigenvalue weighted by molar-refractivity contribution is -0.140. The van der Waals surface area contributed by atoms with Crippen molar-refractivity contribution in [1.29, 1.82) is 0 Å². The second-order valence-electron chi connectivity index (χ2n) is 5.63. The number of carbonyl (C=O) groups is 1. The Morgan fingerprint density at radius 1 is 1.35 bits per heavy atom. The summed E-state index contributed by atoms with van der Waals surface area (Å²) < 4.78 is 6.88. The van der Waals surface area contributed by atoms with Crippen molar-refractivity contribution in [3.63, 3.8) is 0 Å². The van der Waals surface area contributed by atoms with E-state index in [1.807, 2.05) is 0 Å². The fourth-order valence-corrected chi connectivity index (χ4v) is 3.04. The van der Waals surface area contributed by atoms with Gasteiger partial charge in [-0.2, -0.15) is 5.21 Å². The molecule has 0 saturated carbocycles. The Morgan fingerprint density at radius 3 is 2.88 bits per heavy atom. The number of aromatic amines is 1. The number of aliphatic imine (C=N–C) groups is 1. The molecule has 2 aromatic heterocycles. The van der Waals surface area contributed by atoms with Gasteiger partial charge in [0.15, 0.2) is 0 Å². The van der Waals surface area contributed by atoms with Gasteiger partial charge in [0.05, 0.1) is 7.11 Å². The highest BCUT2D eigenvalue weighted by molar-refractivity contribution is 6.02. The maximum absolute atomic E-state index is 11.9. The number of hydrogen-bond acceptors (Lipinski definition) is 9. The second-order valence-corrected chi connectivity index (χ2v) is 5.63. The highest BCUT2D eigenvalue weighted by atomic mass is 16.5. The molecule has 2 atom stereocenters. The van der Waals surface area contributed by atoms with Crippen LogP contribution < -0.4 is 4.74 Å². The third kappa shape index (κ3) is 2.39. The molecule has 12 nitrogen and oxygen atoms in total. The third-order valence-corrected chi connectivity index (χ3v) is 4.20. The lowest BCUT2D eigenvalue weighted by Crippen LogP contribution is -2.36. The Kier molecular flexibility index (Phi) is 3.64. The fourth-order valence-electron chi connectivity index (χ4n) is 3.04. The van der Waals surface area contributed by atoms with Crippen LogP contribution in [0.5, 0.6) is 5.75 Å². The number of carboxylic acid groups (broad SMARTS) is 1. The van der Waals surface area contributed by atoms with Gasteiger partial charge >= 0.3 is 5.97 Å². The Labute approximate surface area is 145 Å². The Bertz CT molecular complexity index is 995. The van der Waals surface area contributed by atoms with Gasteiger partial charge in [-0.25, -0.2) is 9.67 Å². The van der Waals surface area contributed by atoms with Crippen molar-refractivity contribution in [3.05, 3.63) is 23.8 Å². The number of rotatable bonds is 4. The SMILES string of the molecule is COc1cc(-c2nn[nH]n2)ccc1C1C(C(=O)O)C(C)=Nc2nnnn21. The molecule has 3 aromatic rings. The lowest BCUT2D eigenvalue weighted by atomic mass is 9.87. The number of fused-ring (bicyclic) bond motifs is 1. The maximum atomic E-state index is 11.9. The largest absolute Gasteiger partial charge is 0.496 e. The molecule has 0 bridgehead atoms. The summed E-state index contributed by atoms with van der Waals surface area (Å²) in [5.74, 6) is -0.860. The summed E-state index contributed by atoms with van der Waals surface area (Å²) in [7, 11) is 1.50. The van der Waals surface area contributed by atoms with Crippen LogP contribution in [0.15, 0.2) is 23.2 Å². The van der Waals surface area contributed by atoms with E-state index < -0.39 is 17.9 Å². The smallest absolute Gasteiger partial charge is 0.314 e. The molecule has 2 N–H and O–H groups in total. The zero-order valence-electron chi connectivity index (χ0n) is 13.7. The standard InChI is InChI=1S/C14H13N9O3/c1-6-10(13(24)25)11(23-14(15-6)18-21-22-23)8-4-3-7(5-9(8)26-2)12-16-19-20-17-12/h3-5,10-11H,1-2H3,(H,24,25)(H,16,17,19,20). The number of ether oxygens (including phenoxy) is 1. The van der Waals surface area contributed by atoms with E-state index in [2.05, 4.69) is 41.1 Å². The van der Waals surface area contributed by atoms with Gasteiger partial charge in [0.2, 0.25) is 5.82 Å². The first kappa shape index (κ1) is 15.8. The van der Waals surface area contributed by atoms with E-state index in [0.29, 0.717) is 28.4 Å². The van der Waals surface area contributed by atoms with E-state index >= 15 is 0 Å². The molecule has 132 valence electrons. The monoisotopic (exact) mass is 355 g/mol. The van der Waals surface area contributed by atoms with Gasteiger partial charge in [-0.05, 0) is 28.6 Å². The summed E-state index contributed by atoms with van der Waals surface area (Å²) in [6, 6.07) is 4.51. The minimum Gasteiger partial charge on any atom is -0.496 e. The molecule has 1 aliphatic heterocycles. The van der Waals surface area contributed by atoms with Crippen LogP contribution in [0.1, 0.15) is 18.5 Å². The second kappa shape index (κ2) is 5.98. The number of aromatic nitrogens is 8. The minimum absolute atomic E-state index is 0.245. The van der Waals surface area contributed by atoms with Crippen LogP contribution in [0.25, 0.3) is 11.4 Å². The number of H-pyrrole nitrogens is 1. The molecular weight excluding hydrogens is 342 g/mol. The molecule has 1 aromatic carbocycles. The average molecular weight is 355 g/mol. The third-order valence-electron chi connectivity index (χ3n) is 4.20. The lowest BCUT2D eigenvalue weighted by Gasteiger charge is -2.28. The van der Waals surface area contributed by atoms with Gasteiger partial charge in [-0.1, -0.05) is 17.2 Å². The minimum atomic E-state index is -1.03. The first-order valence-electron chi connectivity index (χ1n) is 7.57. The van der Waals surface area contributed by atoms with Crippen LogP contribution >= 0.6 is 0 Å². The normalized spacial score (nSPS) is 18.9. The number of hydrogen-bond donors (Lipinski definition) is 2. The van der Waals surface area contributed by atoms with Crippen molar-refractivity contribution in [2.45, 2.75) is 13.0 Å². The summed E-state index contributed by atoms with van der Waals surface area (Å²) in [6.45, 7) is 1.64. The Hall–Kier alpha value is -3.70. The van der Waals surface area contributed by atoms with Crippen LogP contribution in [-0.2, 0) is 4.79 Å². The van der Waals surface area contributed by atoms with Crippen LogP contribution in [0.2, 0.25) is 0 Å². The molecule has 1 aliphatic rings. The molecule has 0 spiro atoms. The molecule has 0 amide bonds. The topological polar surface area (TPSA) is 157 Å². The van der Waals surface area contributed by atoms with Crippen molar-refractivity contribution in [3.8, 4) is 17.1 Å². The zero-order chi connectivity index (χ0) is 18.3. The Balaban J connectivity index is 1.87. The van der Waals surface area contributed by atoms with Crippen LogP contribution in [-0.4, -0.2) is 64.7 Å². The van der Waals surface area contributed by atoms with Crippen LogP contribution in [0.4, 0.5) is 5.95 Å². The van der Waals surface area contributed by atoms with Crippen molar-refractivity contribution >= 4 is 17.6 Å². The number of tetrazole rings is 2. The number of benzene rings is 1. The van der Waals surface area contributed by atoms with E-state index in [4.69, 9.17) is 4.74 Å². The Morgan fingerprint density at radius 2 is 2.19 bits per heavy atom. The predicted molar refractivity (Wildman–Crippen MR) is 86.0 cm³/mol. The quantitative estimate of drug-likeness (QED) is 0.669. The van der Waals surface area contributed by atoms with Gasteiger partial charge in [0.25, 0.3) is 5.95 Å². The van der Waals surface area contributed by atoms with Crippen LogP contribution in [0, 0.1) is 5.92 Å². The van der Waals surface area contributed by atoms with E-state index in [-0.39, 0.29) is 5.95 Å². The molecule has 0 radical (unpaired) electrons. The van der Waals surface area contributed by atoms with Crippen molar-refractivity contribution in [2.75, 3.05) is 7.11 Å². The highest BCUT2D eigenvalue weighted by Gasteiger charge is 2.40. The summed E-state index contributed by atoms with van der Waals surface area (Å²) in [6.07, 6.45) is 0. The molecule has 2 unspecified atom stereocenters. The fraction of sp³-hybridized carbons (Fsp3) is 0.286. The van der Waals surface area contributed by atoms with Gasteiger partial charge in [0, 0.05) is 16.8 Å². The first-order chi connectivity index (χ1) is 12.6. The number of aliphatic carboxylic acids is 1. The number of carboxylic acids is 1. The van der Waals surface area contributed by atoms with Crippen molar-refractivity contribution in [2.24, 2.45) is 10.9 Å². The van der Waals surface area contributed by atoms with E-state index in [1.54, 1.807) is 25.1 Å². The van der Waals surface area contributed by atoms with Gasteiger partial charge in [-0.15, -0.1) is 10.2 Å². The molecule has 26 heavy (non-hydrogen) atoms. The number of nitrogens with zero attached hydrogens (tertiary/aromatic N) is 8. The molecule has 4 rings (SSSR count). The summed E-state index contributed by atoms with van der Waals surface area (Å²) in [4.78, 5) is 16.1. The summed E-state index contributed by atoms with van der Waals surface area (Å²) >= 11 is 0. The molecule has 12 heteroatoms. The average Bonchev–Trinajstić information content (AvgIpc) is 3.31. The van der Waals surface area contributed by atoms with Gasteiger partial charge < -0.3 is 9.84 Å². The molecule has 0 fully saturated rings. The summed E-state index contributed by atoms with van der Waals surface area (Å²) in [5.41, 5.74) is 1.69. The molecule has 0 aliphatic carbocycles. The van der Waals surface area contributed by atoms with E-state index in [9.17, 15) is 9.90 Å². The van der Waals surface area contributed by atoms with Crippen molar-refractivity contribution in [1.82, 2.24) is 40.8 Å². The molecule has 3 heterocycles. The van der Waals surface area contributed by atoms with Gasteiger partial charge in [-0.3, -0.25) is 4.79 Å². The molecular formula is C14H13N9O3. The zero-order valence-corrected chi connectivity index (χ0v) is 13.7. The van der Waals surface area contributed by atoms with Gasteiger partial charge in [0.1, 0.15) is 17.7 Å². The highest BCUT2D eigenvalue weighted by Crippen LogP contribution is 2.39. The number of nitrogens with one attached hydrogen (secondary N) is 1. The summed E-state index contributed by atoms with van der Waals surface area (Å²) in [5, 5.41) is 34.9. The van der Waals surface area contributed by atoms with Crippen molar-refractivity contribution < 1.29 is 14.6 Å². The maximum Gasteiger partial charge on any atom is 0.314 e. The van der Waals surface area contributed by atoms with E-state index in [0.717, 1.165) is 0 Å². The van der Waals surface area contributed by atoms with Crippen LogP contribution in [0.3, 0.4) is 0 Å². The first-order valence-corrected chi connectivity index (χ1v) is 7.57. The number of methoxy groups -OCH3 is 1. The van der Waals surface area contributed by atoms with E-state index in [1.165, 1.54) is 11.8 Å². The molecule has 0 saturated heterocycles.